The van der Waals surface area contributed by atoms with Crippen molar-refractivity contribution >= 4 is 0 Å². The van der Waals surface area contributed by atoms with Crippen LogP contribution >= 0.6 is 0 Å². The Kier molecular flexibility index (Phi) is 10.6. The molecular formula is C21H38. The quantitative estimate of drug-likeness (QED) is 0.322. The van der Waals surface area contributed by atoms with Gasteiger partial charge in [0.1, 0.15) is 0 Å². The van der Waals surface area contributed by atoms with Crippen LogP contribution in [0.25, 0.3) is 0 Å². The van der Waals surface area contributed by atoms with Crippen LogP contribution in [0.15, 0.2) is 22.8 Å². The molecule has 1 rings (SSSR count). The Morgan fingerprint density at radius 3 is 2.05 bits per heavy atom. The monoisotopic (exact) mass is 290 g/mol. The minimum atomic E-state index is 1.25. The minimum Gasteiger partial charge on any atom is -0.0807 e. The van der Waals surface area contributed by atoms with Crippen molar-refractivity contribution in [1.29, 1.82) is 0 Å². The van der Waals surface area contributed by atoms with Gasteiger partial charge in [-0.05, 0) is 56.1 Å². The number of unbranched alkanes of at least 4 members (excludes halogenated alkanes) is 7. The van der Waals surface area contributed by atoms with Crippen molar-refractivity contribution in [3.05, 3.63) is 22.8 Å². The lowest BCUT2D eigenvalue weighted by atomic mass is 9.84. The summed E-state index contributed by atoms with van der Waals surface area (Å²) in [5, 5.41) is 0. The molecule has 0 aromatic carbocycles. The summed E-state index contributed by atoms with van der Waals surface area (Å²) in [5.41, 5.74) is 5.26. The zero-order valence-corrected chi connectivity index (χ0v) is 15.0. The van der Waals surface area contributed by atoms with Gasteiger partial charge in [0.25, 0.3) is 0 Å². The van der Waals surface area contributed by atoms with E-state index in [2.05, 4.69) is 26.8 Å². The van der Waals surface area contributed by atoms with Crippen LogP contribution in [0.4, 0.5) is 0 Å². The first-order valence-electron chi connectivity index (χ1n) is 9.73. The Balaban J connectivity index is 2.43. The highest BCUT2D eigenvalue weighted by Crippen LogP contribution is 2.33. The second-order valence-corrected chi connectivity index (χ2v) is 6.68. The molecule has 0 amide bonds. The normalized spacial score (nSPS) is 15.5. The second kappa shape index (κ2) is 12.1. The molecule has 0 atom stereocenters. The average Bonchev–Trinajstić information content (AvgIpc) is 2.51. The summed E-state index contributed by atoms with van der Waals surface area (Å²) < 4.78 is 0. The van der Waals surface area contributed by atoms with Crippen molar-refractivity contribution in [2.45, 2.75) is 111 Å². The molecule has 0 saturated heterocycles. The molecule has 1 aliphatic rings. The summed E-state index contributed by atoms with van der Waals surface area (Å²) in [6.45, 7) is 6.96. The molecule has 122 valence electrons. The molecule has 0 saturated carbocycles. The molecule has 0 fully saturated rings. The fourth-order valence-electron chi connectivity index (χ4n) is 3.61. The summed E-state index contributed by atoms with van der Waals surface area (Å²) in [7, 11) is 0. The molecular weight excluding hydrogens is 252 g/mol. The van der Waals surface area contributed by atoms with Crippen molar-refractivity contribution in [3.63, 3.8) is 0 Å². The van der Waals surface area contributed by atoms with E-state index in [0.717, 1.165) is 0 Å². The van der Waals surface area contributed by atoms with Gasteiger partial charge >= 0.3 is 0 Å². The van der Waals surface area contributed by atoms with Crippen LogP contribution in [0.1, 0.15) is 111 Å². The van der Waals surface area contributed by atoms with E-state index in [9.17, 15) is 0 Å². The van der Waals surface area contributed by atoms with Gasteiger partial charge in [-0.25, -0.2) is 0 Å². The van der Waals surface area contributed by atoms with Gasteiger partial charge in [0.15, 0.2) is 0 Å². The summed E-state index contributed by atoms with van der Waals surface area (Å²) in [5.74, 6) is 0. The predicted octanol–water partition coefficient (Wildman–Crippen LogP) is 7.74. The number of hydrogen-bond donors (Lipinski definition) is 0. The fourth-order valence-corrected chi connectivity index (χ4v) is 3.61. The van der Waals surface area contributed by atoms with Gasteiger partial charge in [-0.2, -0.15) is 0 Å². The van der Waals surface area contributed by atoms with E-state index in [1.165, 1.54) is 89.9 Å². The largest absolute Gasteiger partial charge is 0.0807 e. The van der Waals surface area contributed by atoms with Gasteiger partial charge in [0.2, 0.25) is 0 Å². The molecule has 0 radical (unpaired) electrons. The Labute approximate surface area is 134 Å². The Morgan fingerprint density at radius 1 is 0.762 bits per heavy atom. The highest BCUT2D eigenvalue weighted by atomic mass is 14.2. The predicted molar refractivity (Wildman–Crippen MR) is 96.8 cm³/mol. The smallest absolute Gasteiger partial charge is 0.0279 e. The van der Waals surface area contributed by atoms with Crippen LogP contribution in [0.3, 0.4) is 0 Å². The number of allylic oxidation sites excluding steroid dienone is 4. The molecule has 0 spiro atoms. The summed E-state index contributed by atoms with van der Waals surface area (Å²) in [4.78, 5) is 0. The van der Waals surface area contributed by atoms with Crippen molar-refractivity contribution in [1.82, 2.24) is 0 Å². The first-order valence-corrected chi connectivity index (χ1v) is 9.73. The van der Waals surface area contributed by atoms with Gasteiger partial charge in [-0.1, -0.05) is 77.4 Å². The summed E-state index contributed by atoms with van der Waals surface area (Å²) >= 11 is 0. The topological polar surface area (TPSA) is 0 Å². The Hall–Kier alpha value is -0.520. The molecule has 0 aromatic heterocycles. The Bertz CT molecular complexity index is 319. The number of hydrogen-bond acceptors (Lipinski definition) is 0. The third kappa shape index (κ3) is 7.34. The molecule has 0 N–H and O–H groups in total. The first kappa shape index (κ1) is 18.5. The van der Waals surface area contributed by atoms with Gasteiger partial charge < -0.3 is 0 Å². The molecule has 21 heavy (non-hydrogen) atoms. The zero-order valence-electron chi connectivity index (χ0n) is 15.0. The van der Waals surface area contributed by atoms with Gasteiger partial charge in [-0.3, -0.25) is 0 Å². The van der Waals surface area contributed by atoms with Crippen molar-refractivity contribution in [3.8, 4) is 0 Å². The molecule has 0 bridgehead atoms. The van der Waals surface area contributed by atoms with Crippen LogP contribution in [0, 0.1) is 0 Å². The first-order chi connectivity index (χ1) is 10.3. The maximum Gasteiger partial charge on any atom is -0.0279 e. The third-order valence-electron chi connectivity index (χ3n) is 4.89. The van der Waals surface area contributed by atoms with Crippen LogP contribution in [-0.2, 0) is 0 Å². The van der Waals surface area contributed by atoms with Crippen molar-refractivity contribution in [2.75, 3.05) is 0 Å². The van der Waals surface area contributed by atoms with E-state index >= 15 is 0 Å². The standard InChI is InChI=1S/C21H38/c1-4-7-9-11-13-16-20-18-14-17-19(21(20)6-3)15-12-10-8-5-2/h17H,4-16,18H2,1-3H3. The lowest BCUT2D eigenvalue weighted by Crippen LogP contribution is -2.02. The van der Waals surface area contributed by atoms with E-state index in [-0.39, 0.29) is 0 Å². The lowest BCUT2D eigenvalue weighted by molar-refractivity contribution is 0.616. The molecule has 0 unspecified atom stereocenters. The molecule has 0 nitrogen and oxygen atoms in total. The van der Waals surface area contributed by atoms with Gasteiger partial charge in [0, 0.05) is 0 Å². The maximum atomic E-state index is 2.55. The van der Waals surface area contributed by atoms with Crippen LogP contribution < -0.4 is 0 Å². The zero-order chi connectivity index (χ0) is 15.3. The van der Waals surface area contributed by atoms with Gasteiger partial charge in [-0.15, -0.1) is 0 Å². The maximum absolute atomic E-state index is 2.55. The third-order valence-corrected chi connectivity index (χ3v) is 4.89. The lowest BCUT2D eigenvalue weighted by Gasteiger charge is -2.22. The highest BCUT2D eigenvalue weighted by Gasteiger charge is 2.14. The molecule has 0 aliphatic heterocycles. The van der Waals surface area contributed by atoms with Crippen molar-refractivity contribution < 1.29 is 0 Å². The minimum absolute atomic E-state index is 1.25. The van der Waals surface area contributed by atoms with E-state index in [1.807, 2.05) is 5.57 Å². The molecule has 1 aliphatic carbocycles. The average molecular weight is 291 g/mol. The van der Waals surface area contributed by atoms with E-state index in [1.54, 1.807) is 11.1 Å². The molecule has 0 heterocycles. The van der Waals surface area contributed by atoms with Crippen LogP contribution in [0.5, 0.6) is 0 Å². The van der Waals surface area contributed by atoms with Crippen molar-refractivity contribution in [2.24, 2.45) is 0 Å². The Morgan fingerprint density at radius 2 is 1.38 bits per heavy atom. The highest BCUT2D eigenvalue weighted by molar-refractivity contribution is 5.38. The SMILES string of the molecule is CCCCCCCC1=C(CC)C(CCCCCC)=CCC1. The number of rotatable bonds is 12. The van der Waals surface area contributed by atoms with E-state index in [0.29, 0.717) is 0 Å². The summed E-state index contributed by atoms with van der Waals surface area (Å²) in [6.07, 6.45) is 21.8. The molecule has 0 aromatic rings. The summed E-state index contributed by atoms with van der Waals surface area (Å²) in [6, 6.07) is 0. The van der Waals surface area contributed by atoms with Crippen LogP contribution in [-0.4, -0.2) is 0 Å². The van der Waals surface area contributed by atoms with E-state index in [4.69, 9.17) is 0 Å². The van der Waals surface area contributed by atoms with Crippen LogP contribution in [0.2, 0.25) is 0 Å². The van der Waals surface area contributed by atoms with Gasteiger partial charge in [0.05, 0.1) is 0 Å². The fraction of sp³-hybridized carbons (Fsp3) is 0.810. The molecule has 0 heteroatoms. The van der Waals surface area contributed by atoms with E-state index < -0.39 is 0 Å². The second-order valence-electron chi connectivity index (χ2n) is 6.68.